The van der Waals surface area contributed by atoms with Crippen LogP contribution in [-0.2, 0) is 14.6 Å². The van der Waals surface area contributed by atoms with Crippen LogP contribution in [0.25, 0.3) is 0 Å². The second-order valence-electron chi connectivity index (χ2n) is 5.72. The van der Waals surface area contributed by atoms with E-state index in [0.717, 1.165) is 11.1 Å². The van der Waals surface area contributed by atoms with Crippen molar-refractivity contribution in [3.63, 3.8) is 0 Å². The maximum absolute atomic E-state index is 12.3. The highest BCUT2D eigenvalue weighted by atomic mass is 32.2. The number of Topliss-reactive ketones (excluding diaryl/α,β-unsaturated/α-hetero) is 1. The summed E-state index contributed by atoms with van der Waals surface area (Å²) in [5.74, 6) is -1.28. The third-order valence-electron chi connectivity index (χ3n) is 3.85. The molecule has 2 aromatic carbocycles. The topological polar surface area (TPSA) is 77.5 Å². The fourth-order valence-electron chi connectivity index (χ4n) is 2.38. The summed E-state index contributed by atoms with van der Waals surface area (Å²) in [6.07, 6.45) is 0. The van der Waals surface area contributed by atoms with Crippen molar-refractivity contribution in [3.05, 3.63) is 64.7 Å². The van der Waals surface area contributed by atoms with Crippen LogP contribution in [0.4, 0.5) is 0 Å². The SMILES string of the molecule is CCS(=O)(=O)c1ccccc1C(=O)OCC(=O)c1cc(C)ccc1C. The molecule has 0 fully saturated rings. The van der Waals surface area contributed by atoms with Crippen molar-refractivity contribution >= 4 is 21.6 Å². The molecule has 0 saturated heterocycles. The molecule has 0 bridgehead atoms. The predicted octanol–water partition coefficient (Wildman–Crippen LogP) is 3.14. The Morgan fingerprint density at radius 1 is 1.00 bits per heavy atom. The van der Waals surface area contributed by atoms with Gasteiger partial charge in [0.1, 0.15) is 0 Å². The molecule has 0 aliphatic carbocycles. The largest absolute Gasteiger partial charge is 0.454 e. The summed E-state index contributed by atoms with van der Waals surface area (Å²) < 4.78 is 29.3. The van der Waals surface area contributed by atoms with Gasteiger partial charge < -0.3 is 4.74 Å². The second kappa shape index (κ2) is 7.61. The lowest BCUT2D eigenvalue weighted by atomic mass is 10.0. The molecule has 2 rings (SSSR count). The van der Waals surface area contributed by atoms with E-state index in [1.54, 1.807) is 25.1 Å². The van der Waals surface area contributed by atoms with Crippen LogP contribution in [0.5, 0.6) is 0 Å². The van der Waals surface area contributed by atoms with Gasteiger partial charge in [-0.1, -0.05) is 36.8 Å². The Kier molecular flexibility index (Phi) is 5.74. The average molecular weight is 360 g/mol. The molecule has 0 amide bonds. The molecule has 0 aromatic heterocycles. The van der Waals surface area contributed by atoms with E-state index in [-0.39, 0.29) is 22.0 Å². The molecule has 0 heterocycles. The van der Waals surface area contributed by atoms with Crippen LogP contribution in [0.3, 0.4) is 0 Å². The van der Waals surface area contributed by atoms with Gasteiger partial charge in [0.05, 0.1) is 16.2 Å². The molecule has 2 aromatic rings. The minimum atomic E-state index is -3.56. The van der Waals surface area contributed by atoms with Crippen LogP contribution in [-0.4, -0.2) is 32.5 Å². The molecule has 0 radical (unpaired) electrons. The molecule has 6 heteroatoms. The lowest BCUT2D eigenvalue weighted by Gasteiger charge is -2.10. The van der Waals surface area contributed by atoms with Gasteiger partial charge in [-0.25, -0.2) is 13.2 Å². The van der Waals surface area contributed by atoms with Gasteiger partial charge in [-0.05, 0) is 37.6 Å². The number of sulfone groups is 1. The molecular formula is C19H20O5S. The van der Waals surface area contributed by atoms with Crippen LogP contribution in [0.2, 0.25) is 0 Å². The molecule has 25 heavy (non-hydrogen) atoms. The van der Waals surface area contributed by atoms with Crippen molar-refractivity contribution in [1.29, 1.82) is 0 Å². The van der Waals surface area contributed by atoms with Gasteiger partial charge in [-0.15, -0.1) is 0 Å². The Bertz CT molecular complexity index is 913. The maximum atomic E-state index is 12.3. The number of esters is 1. The number of hydrogen-bond acceptors (Lipinski definition) is 5. The van der Waals surface area contributed by atoms with Gasteiger partial charge in [-0.3, -0.25) is 4.79 Å². The Balaban J connectivity index is 2.19. The standard InChI is InChI=1S/C19H20O5S/c1-4-25(22,23)18-8-6-5-7-15(18)19(21)24-12-17(20)16-11-13(2)9-10-14(16)3/h5-11H,4,12H2,1-3H3. The summed E-state index contributed by atoms with van der Waals surface area (Å²) in [6, 6.07) is 11.3. The fraction of sp³-hybridized carbons (Fsp3) is 0.263. The Morgan fingerprint density at radius 3 is 2.36 bits per heavy atom. The summed E-state index contributed by atoms with van der Waals surface area (Å²) in [5, 5.41) is 0. The summed E-state index contributed by atoms with van der Waals surface area (Å²) >= 11 is 0. The van der Waals surface area contributed by atoms with Gasteiger partial charge in [0.25, 0.3) is 0 Å². The summed E-state index contributed by atoms with van der Waals surface area (Å²) in [5.41, 5.74) is 2.15. The molecule has 0 saturated carbocycles. The fourth-order valence-corrected chi connectivity index (χ4v) is 3.47. The normalized spacial score (nSPS) is 11.2. The Hall–Kier alpha value is -2.47. The smallest absolute Gasteiger partial charge is 0.339 e. The Morgan fingerprint density at radius 2 is 1.68 bits per heavy atom. The predicted molar refractivity (Wildman–Crippen MR) is 94.7 cm³/mol. The van der Waals surface area contributed by atoms with E-state index in [9.17, 15) is 18.0 Å². The lowest BCUT2D eigenvalue weighted by Crippen LogP contribution is -2.18. The van der Waals surface area contributed by atoms with Gasteiger partial charge in [0.15, 0.2) is 16.4 Å². The summed E-state index contributed by atoms with van der Waals surface area (Å²) in [7, 11) is -3.56. The van der Waals surface area contributed by atoms with Crippen LogP contribution in [0.1, 0.15) is 38.8 Å². The number of ketones is 1. The van der Waals surface area contributed by atoms with Crippen molar-refractivity contribution in [1.82, 2.24) is 0 Å². The molecule has 0 unspecified atom stereocenters. The second-order valence-corrected chi connectivity index (χ2v) is 7.96. The number of rotatable bonds is 6. The molecular weight excluding hydrogens is 340 g/mol. The highest BCUT2D eigenvalue weighted by Gasteiger charge is 2.22. The van der Waals surface area contributed by atoms with Crippen molar-refractivity contribution in [2.75, 3.05) is 12.4 Å². The van der Waals surface area contributed by atoms with Gasteiger partial charge >= 0.3 is 5.97 Å². The van der Waals surface area contributed by atoms with E-state index < -0.39 is 22.4 Å². The summed E-state index contributed by atoms with van der Waals surface area (Å²) in [4.78, 5) is 24.5. The van der Waals surface area contributed by atoms with Crippen molar-refractivity contribution < 1.29 is 22.7 Å². The molecule has 0 atom stereocenters. The van der Waals surface area contributed by atoms with E-state index in [2.05, 4.69) is 0 Å². The van der Waals surface area contributed by atoms with Gasteiger partial charge in [0.2, 0.25) is 5.78 Å². The average Bonchev–Trinajstić information content (AvgIpc) is 2.61. The maximum Gasteiger partial charge on any atom is 0.339 e. The highest BCUT2D eigenvalue weighted by molar-refractivity contribution is 7.91. The van der Waals surface area contributed by atoms with E-state index in [4.69, 9.17) is 4.74 Å². The first-order valence-corrected chi connectivity index (χ1v) is 9.51. The van der Waals surface area contributed by atoms with Crippen LogP contribution < -0.4 is 0 Å². The third kappa shape index (κ3) is 4.33. The van der Waals surface area contributed by atoms with Crippen LogP contribution >= 0.6 is 0 Å². The van der Waals surface area contributed by atoms with Crippen molar-refractivity contribution in [3.8, 4) is 0 Å². The number of carbonyl (C=O) groups is 2. The zero-order valence-corrected chi connectivity index (χ0v) is 15.2. The monoisotopic (exact) mass is 360 g/mol. The molecule has 0 aliphatic rings. The van der Waals surface area contributed by atoms with E-state index >= 15 is 0 Å². The van der Waals surface area contributed by atoms with Crippen LogP contribution in [0.15, 0.2) is 47.4 Å². The van der Waals surface area contributed by atoms with Crippen molar-refractivity contribution in [2.24, 2.45) is 0 Å². The quantitative estimate of drug-likeness (QED) is 0.584. The molecule has 0 spiro atoms. The lowest BCUT2D eigenvalue weighted by molar-refractivity contribution is 0.0471. The van der Waals surface area contributed by atoms with E-state index in [0.29, 0.717) is 5.56 Å². The zero-order chi connectivity index (χ0) is 18.6. The van der Waals surface area contributed by atoms with Gasteiger partial charge in [0, 0.05) is 5.56 Å². The van der Waals surface area contributed by atoms with Gasteiger partial charge in [-0.2, -0.15) is 0 Å². The number of benzene rings is 2. The molecule has 5 nitrogen and oxygen atoms in total. The number of hydrogen-bond donors (Lipinski definition) is 0. The van der Waals surface area contributed by atoms with E-state index in [1.165, 1.54) is 19.1 Å². The molecule has 132 valence electrons. The zero-order valence-electron chi connectivity index (χ0n) is 14.4. The summed E-state index contributed by atoms with van der Waals surface area (Å²) in [6.45, 7) is 4.73. The number of ether oxygens (including phenoxy) is 1. The number of aryl methyl sites for hydroxylation is 2. The van der Waals surface area contributed by atoms with Crippen molar-refractivity contribution in [2.45, 2.75) is 25.7 Å². The van der Waals surface area contributed by atoms with E-state index in [1.807, 2.05) is 19.1 Å². The minimum Gasteiger partial charge on any atom is -0.454 e. The molecule has 0 aliphatic heterocycles. The minimum absolute atomic E-state index is 0.0573. The molecule has 0 N–H and O–H groups in total. The highest BCUT2D eigenvalue weighted by Crippen LogP contribution is 2.18. The third-order valence-corrected chi connectivity index (χ3v) is 5.64. The van der Waals surface area contributed by atoms with Crippen LogP contribution in [0, 0.1) is 13.8 Å². The Labute approximate surface area is 147 Å². The first kappa shape index (κ1) is 18.9. The first-order chi connectivity index (χ1) is 11.8. The number of carbonyl (C=O) groups excluding carboxylic acids is 2. The first-order valence-electron chi connectivity index (χ1n) is 7.85.